The zero-order valence-corrected chi connectivity index (χ0v) is 22.8. The van der Waals surface area contributed by atoms with Crippen LogP contribution in [0.25, 0.3) is 20.7 Å². The van der Waals surface area contributed by atoms with Gasteiger partial charge in [-0.15, -0.1) is 22.7 Å². The first-order chi connectivity index (χ1) is 15.6. The lowest BCUT2D eigenvalue weighted by Crippen LogP contribution is -1.93. The number of hydrogen-bond acceptors (Lipinski definition) is 3. The molecular formula is C28H44N2S2. The van der Waals surface area contributed by atoms with Crippen LogP contribution in [0.2, 0.25) is 0 Å². The molecule has 0 aromatic carbocycles. The van der Waals surface area contributed by atoms with Crippen molar-refractivity contribution in [2.45, 2.75) is 118 Å². The van der Waals surface area contributed by atoms with Crippen LogP contribution in [0.5, 0.6) is 0 Å². The highest BCUT2D eigenvalue weighted by Crippen LogP contribution is 2.44. The predicted octanol–water partition coefficient (Wildman–Crippen LogP) is 9.79. The van der Waals surface area contributed by atoms with Crippen LogP contribution in [0, 0.1) is 13.8 Å². The summed E-state index contributed by atoms with van der Waals surface area (Å²) in [7, 11) is 2.13. The Kier molecular flexibility index (Phi) is 10.3. The number of fused-ring (bicyclic) bond motifs is 1. The maximum atomic E-state index is 4.97. The van der Waals surface area contributed by atoms with Crippen LogP contribution in [0.4, 0.5) is 0 Å². The number of hydrogen-bond donors (Lipinski definition) is 0. The quantitative estimate of drug-likeness (QED) is 0.201. The van der Waals surface area contributed by atoms with Crippen molar-refractivity contribution < 1.29 is 0 Å². The van der Waals surface area contributed by atoms with Crippen molar-refractivity contribution in [2.24, 2.45) is 7.05 Å². The fourth-order valence-corrected chi connectivity index (χ4v) is 7.25. The normalized spacial score (nSPS) is 11.8. The summed E-state index contributed by atoms with van der Waals surface area (Å²) in [5.74, 6) is 0. The van der Waals surface area contributed by atoms with Gasteiger partial charge in [0.25, 0.3) is 0 Å². The summed E-state index contributed by atoms with van der Waals surface area (Å²) in [6.45, 7) is 9.17. The highest BCUT2D eigenvalue weighted by molar-refractivity contribution is 7.23. The Morgan fingerprint density at radius 2 is 1.34 bits per heavy atom. The van der Waals surface area contributed by atoms with Crippen molar-refractivity contribution >= 4 is 33.6 Å². The van der Waals surface area contributed by atoms with E-state index in [0.29, 0.717) is 0 Å². The van der Waals surface area contributed by atoms with E-state index in [0.717, 1.165) is 6.42 Å². The first-order valence-electron chi connectivity index (χ1n) is 13.1. The molecule has 0 bridgehead atoms. The number of rotatable bonds is 15. The van der Waals surface area contributed by atoms with E-state index in [2.05, 4.69) is 45.5 Å². The van der Waals surface area contributed by atoms with Gasteiger partial charge in [0.15, 0.2) is 0 Å². The van der Waals surface area contributed by atoms with E-state index in [4.69, 9.17) is 5.10 Å². The van der Waals surface area contributed by atoms with Crippen LogP contribution in [0.3, 0.4) is 0 Å². The Hall–Kier alpha value is -1.13. The second-order valence-electron chi connectivity index (χ2n) is 9.51. The van der Waals surface area contributed by atoms with Crippen molar-refractivity contribution in [3.63, 3.8) is 0 Å². The first kappa shape index (κ1) is 25.5. The molecule has 0 saturated heterocycles. The number of aromatic nitrogens is 2. The molecule has 3 aromatic heterocycles. The molecule has 4 heteroatoms. The molecule has 0 amide bonds. The van der Waals surface area contributed by atoms with Gasteiger partial charge in [-0.2, -0.15) is 5.10 Å². The third kappa shape index (κ3) is 6.47. The van der Waals surface area contributed by atoms with Gasteiger partial charge in [0.1, 0.15) is 0 Å². The van der Waals surface area contributed by atoms with E-state index < -0.39 is 0 Å². The highest BCUT2D eigenvalue weighted by atomic mass is 32.1. The van der Waals surface area contributed by atoms with Gasteiger partial charge in [-0.1, -0.05) is 78.1 Å². The van der Waals surface area contributed by atoms with Crippen molar-refractivity contribution in [3.8, 4) is 9.75 Å². The molecule has 3 aromatic rings. The van der Waals surface area contributed by atoms with Crippen molar-refractivity contribution in [1.82, 2.24) is 9.78 Å². The summed E-state index contributed by atoms with van der Waals surface area (Å²) in [5.41, 5.74) is 4.25. The van der Waals surface area contributed by atoms with Gasteiger partial charge < -0.3 is 0 Å². The van der Waals surface area contributed by atoms with E-state index in [1.54, 1.807) is 5.56 Å². The third-order valence-corrected chi connectivity index (χ3v) is 9.11. The smallest absolute Gasteiger partial charge is 0.0825 e. The molecule has 178 valence electrons. The van der Waals surface area contributed by atoms with Gasteiger partial charge in [0.2, 0.25) is 0 Å². The number of nitrogens with zero attached hydrogens (tertiary/aromatic N) is 2. The van der Waals surface area contributed by atoms with E-state index >= 15 is 0 Å². The molecule has 0 unspecified atom stereocenters. The van der Waals surface area contributed by atoms with Crippen LogP contribution < -0.4 is 0 Å². The Labute approximate surface area is 204 Å². The number of unbranched alkanes of at least 4 members (excludes halogenated alkanes) is 10. The molecule has 0 saturated carbocycles. The summed E-state index contributed by atoms with van der Waals surface area (Å²) in [6, 6.07) is 2.50. The van der Waals surface area contributed by atoms with Crippen LogP contribution in [0.15, 0.2) is 6.07 Å². The molecule has 0 radical (unpaired) electrons. The van der Waals surface area contributed by atoms with Crippen molar-refractivity contribution in [3.05, 3.63) is 27.1 Å². The lowest BCUT2D eigenvalue weighted by Gasteiger charge is -2.01. The fourth-order valence-electron chi connectivity index (χ4n) is 4.87. The monoisotopic (exact) mass is 472 g/mol. The third-order valence-electron chi connectivity index (χ3n) is 6.75. The summed E-state index contributed by atoms with van der Waals surface area (Å²) >= 11 is 3.97. The lowest BCUT2D eigenvalue weighted by atomic mass is 10.0. The second-order valence-corrected chi connectivity index (χ2v) is 12.0. The molecule has 32 heavy (non-hydrogen) atoms. The Bertz CT molecular complexity index is 960. The van der Waals surface area contributed by atoms with E-state index in [-0.39, 0.29) is 0 Å². The lowest BCUT2D eigenvalue weighted by molar-refractivity contribution is 0.602. The SMILES string of the molecule is CCCCCCCCc1cc(-c2sc(C)c3c2c(CCCCCCCC)nn3C)sc1C. The van der Waals surface area contributed by atoms with Crippen LogP contribution >= 0.6 is 22.7 Å². The van der Waals surface area contributed by atoms with Crippen molar-refractivity contribution in [1.29, 1.82) is 0 Å². The zero-order valence-electron chi connectivity index (χ0n) is 21.2. The molecule has 3 heterocycles. The Balaban J connectivity index is 1.71. The molecule has 0 spiro atoms. The summed E-state index contributed by atoms with van der Waals surface area (Å²) in [4.78, 5) is 5.84. The number of aryl methyl sites for hydroxylation is 5. The summed E-state index contributed by atoms with van der Waals surface area (Å²) in [5, 5.41) is 6.41. The van der Waals surface area contributed by atoms with E-state index in [9.17, 15) is 0 Å². The molecule has 0 atom stereocenters. The van der Waals surface area contributed by atoms with Gasteiger partial charge in [-0.05, 0) is 51.2 Å². The standard InChI is InChI=1S/C28H44N2S2/c1-6-8-10-12-14-16-18-23-20-25(31-21(23)3)28-26-24(19-17-15-13-11-9-7-2)29-30(5)27(26)22(4)32-28/h20H,6-19H2,1-5H3. The fraction of sp³-hybridized carbons (Fsp3) is 0.679. The second kappa shape index (κ2) is 12.9. The van der Waals surface area contributed by atoms with Crippen LogP contribution in [-0.2, 0) is 19.9 Å². The van der Waals surface area contributed by atoms with E-state index in [1.807, 2.05) is 22.7 Å². The number of thiophene rings is 2. The molecule has 0 aliphatic carbocycles. The topological polar surface area (TPSA) is 17.8 Å². The molecule has 0 aliphatic heterocycles. The minimum Gasteiger partial charge on any atom is -0.267 e. The molecular weight excluding hydrogens is 428 g/mol. The minimum absolute atomic E-state index is 1.11. The molecule has 3 rings (SSSR count). The maximum Gasteiger partial charge on any atom is 0.0825 e. The maximum absolute atomic E-state index is 4.97. The molecule has 0 aliphatic rings. The first-order valence-corrected chi connectivity index (χ1v) is 14.7. The molecule has 0 N–H and O–H groups in total. The summed E-state index contributed by atoms with van der Waals surface area (Å²) < 4.78 is 2.13. The largest absolute Gasteiger partial charge is 0.267 e. The van der Waals surface area contributed by atoms with Crippen molar-refractivity contribution in [2.75, 3.05) is 0 Å². The van der Waals surface area contributed by atoms with Gasteiger partial charge in [0.05, 0.1) is 16.1 Å². The summed E-state index contributed by atoms with van der Waals surface area (Å²) in [6.07, 6.45) is 18.6. The van der Waals surface area contributed by atoms with E-state index in [1.165, 1.54) is 120 Å². The van der Waals surface area contributed by atoms with Gasteiger partial charge >= 0.3 is 0 Å². The van der Waals surface area contributed by atoms with Gasteiger partial charge in [-0.3, -0.25) is 4.68 Å². The predicted molar refractivity (Wildman–Crippen MR) is 146 cm³/mol. The van der Waals surface area contributed by atoms with Gasteiger partial charge in [-0.25, -0.2) is 0 Å². The Morgan fingerprint density at radius 3 is 2.00 bits per heavy atom. The average molecular weight is 473 g/mol. The average Bonchev–Trinajstić information content (AvgIpc) is 3.42. The zero-order chi connectivity index (χ0) is 22.9. The van der Waals surface area contributed by atoms with Crippen LogP contribution in [0.1, 0.15) is 112 Å². The van der Waals surface area contributed by atoms with Crippen LogP contribution in [-0.4, -0.2) is 9.78 Å². The Morgan fingerprint density at radius 1 is 0.750 bits per heavy atom. The minimum atomic E-state index is 1.11. The molecule has 0 fully saturated rings. The van der Waals surface area contributed by atoms with Gasteiger partial charge in [0, 0.05) is 27.1 Å². The molecule has 2 nitrogen and oxygen atoms in total. The highest BCUT2D eigenvalue weighted by Gasteiger charge is 2.21.